The number of para-hydroxylation sites is 1. The number of benzene rings is 1. The fraction of sp³-hybridized carbons (Fsp3) is 0.385. The van der Waals surface area contributed by atoms with Gasteiger partial charge in [-0.1, -0.05) is 18.2 Å². The Kier molecular flexibility index (Phi) is 4.35. The molecule has 2 rings (SSSR count). The number of carboxylic acid groups (broad SMARTS) is 1. The molecule has 0 fully saturated rings. The van der Waals surface area contributed by atoms with E-state index in [1.807, 2.05) is 24.3 Å². The first-order valence-corrected chi connectivity index (χ1v) is 6.08. The summed E-state index contributed by atoms with van der Waals surface area (Å²) in [5, 5.41) is 14.2. The van der Waals surface area contributed by atoms with Gasteiger partial charge in [0.25, 0.3) is 0 Å². The van der Waals surface area contributed by atoms with E-state index in [1.165, 1.54) is 0 Å². The second kappa shape index (κ2) is 6.19. The first-order valence-electron chi connectivity index (χ1n) is 6.08. The molecule has 19 heavy (non-hydrogen) atoms. The van der Waals surface area contributed by atoms with Crippen molar-refractivity contribution in [3.8, 4) is 0 Å². The van der Waals surface area contributed by atoms with E-state index < -0.39 is 5.97 Å². The van der Waals surface area contributed by atoms with Gasteiger partial charge in [-0.2, -0.15) is 0 Å². The van der Waals surface area contributed by atoms with Crippen LogP contribution in [0.2, 0.25) is 0 Å². The van der Waals surface area contributed by atoms with Crippen LogP contribution in [0.5, 0.6) is 0 Å². The predicted octanol–water partition coefficient (Wildman–Crippen LogP) is 0.241. The first-order chi connectivity index (χ1) is 9.16. The molecule has 0 aromatic heterocycles. The summed E-state index contributed by atoms with van der Waals surface area (Å²) >= 11 is 0. The molecule has 0 saturated heterocycles. The van der Waals surface area contributed by atoms with Crippen molar-refractivity contribution in [2.75, 3.05) is 25.1 Å². The summed E-state index contributed by atoms with van der Waals surface area (Å²) in [7, 11) is 0. The van der Waals surface area contributed by atoms with Crippen LogP contribution in [0.4, 0.5) is 5.69 Å². The second-order valence-electron chi connectivity index (χ2n) is 4.30. The van der Waals surface area contributed by atoms with E-state index in [0.29, 0.717) is 13.0 Å². The zero-order valence-electron chi connectivity index (χ0n) is 10.4. The van der Waals surface area contributed by atoms with Crippen LogP contribution in [0, 0.1) is 0 Å². The third-order valence-corrected chi connectivity index (χ3v) is 2.86. The van der Waals surface area contributed by atoms with Gasteiger partial charge in [-0.25, -0.2) is 4.79 Å². The molecule has 6 heteroatoms. The normalized spacial score (nSPS) is 16.5. The predicted molar refractivity (Wildman–Crippen MR) is 69.0 cm³/mol. The molecule has 0 saturated carbocycles. The zero-order valence-corrected chi connectivity index (χ0v) is 10.4. The van der Waals surface area contributed by atoms with Crippen LogP contribution < -0.4 is 10.6 Å². The molecule has 0 unspecified atom stereocenters. The lowest BCUT2D eigenvalue weighted by Crippen LogP contribution is -2.40. The minimum atomic E-state index is -1.01. The minimum absolute atomic E-state index is 0.102. The lowest BCUT2D eigenvalue weighted by molar-refractivity contribution is -0.142. The summed E-state index contributed by atoms with van der Waals surface area (Å²) in [5.41, 5.74) is 2.12. The molecule has 1 aromatic carbocycles. The minimum Gasteiger partial charge on any atom is -0.480 e. The topological polar surface area (TPSA) is 87.7 Å². The number of carbonyl (C=O) groups is 2. The fourth-order valence-electron chi connectivity index (χ4n) is 1.99. The molecule has 102 valence electrons. The summed E-state index contributed by atoms with van der Waals surface area (Å²) in [4.78, 5) is 22.1. The highest BCUT2D eigenvalue weighted by Gasteiger charge is 2.25. The van der Waals surface area contributed by atoms with Gasteiger partial charge in [-0.05, 0) is 11.6 Å². The monoisotopic (exact) mass is 264 g/mol. The average Bonchev–Trinajstić information content (AvgIpc) is 2.81. The van der Waals surface area contributed by atoms with Gasteiger partial charge in [0.1, 0.15) is 12.6 Å². The molecule has 1 atom stereocenters. The van der Waals surface area contributed by atoms with Crippen molar-refractivity contribution >= 4 is 17.6 Å². The highest BCUT2D eigenvalue weighted by Crippen LogP contribution is 2.24. The highest BCUT2D eigenvalue weighted by atomic mass is 16.5. The smallest absolute Gasteiger partial charge is 0.329 e. The number of rotatable bonds is 6. The Morgan fingerprint density at radius 1 is 1.42 bits per heavy atom. The van der Waals surface area contributed by atoms with E-state index >= 15 is 0 Å². The molecule has 1 aliphatic heterocycles. The maximum atomic E-state index is 11.9. The van der Waals surface area contributed by atoms with E-state index in [-0.39, 0.29) is 25.2 Å². The summed E-state index contributed by atoms with van der Waals surface area (Å²) in [5.74, 6) is -1.12. The van der Waals surface area contributed by atoms with Crippen molar-refractivity contribution in [1.29, 1.82) is 0 Å². The number of nitrogens with one attached hydrogen (secondary N) is 2. The fourth-order valence-corrected chi connectivity index (χ4v) is 1.99. The molecule has 1 aromatic rings. The number of aliphatic carboxylic acids is 1. The molecule has 0 aliphatic carbocycles. The average molecular weight is 264 g/mol. The summed E-state index contributed by atoms with van der Waals surface area (Å²) in [6.45, 7) is 0.154. The molecule has 1 aliphatic rings. The van der Waals surface area contributed by atoms with Crippen molar-refractivity contribution in [2.24, 2.45) is 0 Å². The van der Waals surface area contributed by atoms with Crippen LogP contribution >= 0.6 is 0 Å². The van der Waals surface area contributed by atoms with Crippen molar-refractivity contribution in [3.63, 3.8) is 0 Å². The Morgan fingerprint density at radius 3 is 2.95 bits per heavy atom. The number of fused-ring (bicyclic) bond motifs is 1. The molecular formula is C13H16N2O4. The maximum absolute atomic E-state index is 11.9. The molecule has 6 nitrogen and oxygen atoms in total. The van der Waals surface area contributed by atoms with Gasteiger partial charge in [0.2, 0.25) is 5.91 Å². The van der Waals surface area contributed by atoms with Crippen LogP contribution in [0.1, 0.15) is 5.56 Å². The second-order valence-corrected chi connectivity index (χ2v) is 4.30. The molecular weight excluding hydrogens is 248 g/mol. The standard InChI is InChI=1S/C13H16N2O4/c16-12(17)8-19-6-5-14-13(18)11-7-9-3-1-2-4-10(9)15-11/h1-4,11,15H,5-8H2,(H,14,18)(H,16,17)/t11-/m0/s1. The number of amides is 1. The van der Waals surface area contributed by atoms with Crippen LogP contribution in [0.15, 0.2) is 24.3 Å². The van der Waals surface area contributed by atoms with E-state index in [4.69, 9.17) is 9.84 Å². The van der Waals surface area contributed by atoms with Crippen LogP contribution in [0.3, 0.4) is 0 Å². The third kappa shape index (κ3) is 3.69. The van der Waals surface area contributed by atoms with Crippen molar-refractivity contribution < 1.29 is 19.4 Å². The molecule has 1 heterocycles. The maximum Gasteiger partial charge on any atom is 0.329 e. The first kappa shape index (κ1) is 13.4. The third-order valence-electron chi connectivity index (χ3n) is 2.86. The number of ether oxygens (including phenoxy) is 1. The Balaban J connectivity index is 1.70. The number of hydrogen-bond acceptors (Lipinski definition) is 4. The molecule has 0 radical (unpaired) electrons. The highest BCUT2D eigenvalue weighted by molar-refractivity contribution is 5.87. The number of carbonyl (C=O) groups excluding carboxylic acids is 1. The van der Waals surface area contributed by atoms with Gasteiger partial charge in [0.05, 0.1) is 6.61 Å². The number of carboxylic acids is 1. The van der Waals surface area contributed by atoms with Gasteiger partial charge in [0, 0.05) is 18.7 Å². The quantitative estimate of drug-likeness (QED) is 0.641. The largest absolute Gasteiger partial charge is 0.480 e. The van der Waals surface area contributed by atoms with Gasteiger partial charge in [-0.15, -0.1) is 0 Å². The summed E-state index contributed by atoms with van der Waals surface area (Å²) in [6, 6.07) is 7.54. The summed E-state index contributed by atoms with van der Waals surface area (Å²) < 4.78 is 4.84. The van der Waals surface area contributed by atoms with Gasteiger partial charge in [0.15, 0.2) is 0 Å². The van der Waals surface area contributed by atoms with E-state index in [0.717, 1.165) is 11.3 Å². The van der Waals surface area contributed by atoms with Crippen LogP contribution in [-0.4, -0.2) is 42.8 Å². The van der Waals surface area contributed by atoms with E-state index in [9.17, 15) is 9.59 Å². The lowest BCUT2D eigenvalue weighted by Gasteiger charge is -2.11. The summed E-state index contributed by atoms with van der Waals surface area (Å²) in [6.07, 6.45) is 0.665. The zero-order chi connectivity index (χ0) is 13.7. The lowest BCUT2D eigenvalue weighted by atomic mass is 10.1. The molecule has 0 bridgehead atoms. The van der Waals surface area contributed by atoms with Gasteiger partial charge < -0.3 is 20.5 Å². The Bertz CT molecular complexity index is 450. The Hall–Kier alpha value is -2.08. The molecule has 0 spiro atoms. The van der Waals surface area contributed by atoms with E-state index in [2.05, 4.69) is 10.6 Å². The Morgan fingerprint density at radius 2 is 2.21 bits per heavy atom. The SMILES string of the molecule is O=C(O)COCCNC(=O)[C@@H]1Cc2ccccc2N1. The van der Waals surface area contributed by atoms with Crippen molar-refractivity contribution in [3.05, 3.63) is 29.8 Å². The molecule has 1 amide bonds. The van der Waals surface area contributed by atoms with Crippen LogP contribution in [0.25, 0.3) is 0 Å². The van der Waals surface area contributed by atoms with E-state index in [1.54, 1.807) is 0 Å². The molecule has 3 N–H and O–H groups in total. The van der Waals surface area contributed by atoms with Gasteiger partial charge in [-0.3, -0.25) is 4.79 Å². The number of anilines is 1. The van der Waals surface area contributed by atoms with Crippen molar-refractivity contribution in [2.45, 2.75) is 12.5 Å². The number of hydrogen-bond donors (Lipinski definition) is 3. The Labute approximate surface area is 110 Å². The van der Waals surface area contributed by atoms with Gasteiger partial charge >= 0.3 is 5.97 Å². The van der Waals surface area contributed by atoms with Crippen molar-refractivity contribution in [1.82, 2.24) is 5.32 Å². The van der Waals surface area contributed by atoms with Crippen LogP contribution in [-0.2, 0) is 20.7 Å².